The monoisotopic (exact) mass is 407 g/mol. The van der Waals surface area contributed by atoms with Gasteiger partial charge in [0.15, 0.2) is 6.61 Å². The maximum absolute atomic E-state index is 13.2. The summed E-state index contributed by atoms with van der Waals surface area (Å²) < 4.78 is 18.6. The summed E-state index contributed by atoms with van der Waals surface area (Å²) in [5.41, 5.74) is 1.76. The standard InChI is InChI=1S/C19H19BrFNO3/c1-3-12(2)14-6-4-5-7-17(14)22-18(23)11-25-19(24)15-10-13(21)8-9-16(15)20/h4-10,12H,3,11H2,1-2H3,(H,22,23)/t12-/m1/s1. The number of amides is 1. The quantitative estimate of drug-likeness (QED) is 0.692. The molecule has 4 nitrogen and oxygen atoms in total. The normalized spacial score (nSPS) is 11.7. The molecule has 1 atom stereocenters. The number of benzene rings is 2. The lowest BCUT2D eigenvalue weighted by Crippen LogP contribution is -2.22. The van der Waals surface area contributed by atoms with Gasteiger partial charge < -0.3 is 10.1 Å². The van der Waals surface area contributed by atoms with Gasteiger partial charge in [-0.2, -0.15) is 0 Å². The van der Waals surface area contributed by atoms with E-state index in [0.717, 1.165) is 18.1 Å². The second-order valence-corrected chi connectivity index (χ2v) is 6.50. The van der Waals surface area contributed by atoms with Crippen LogP contribution in [0.5, 0.6) is 0 Å². The first-order valence-corrected chi connectivity index (χ1v) is 8.72. The van der Waals surface area contributed by atoms with Crippen molar-refractivity contribution in [1.82, 2.24) is 0 Å². The fraction of sp³-hybridized carbons (Fsp3) is 0.263. The van der Waals surface area contributed by atoms with Crippen molar-refractivity contribution in [2.24, 2.45) is 0 Å². The van der Waals surface area contributed by atoms with Gasteiger partial charge in [-0.15, -0.1) is 0 Å². The molecule has 1 N–H and O–H groups in total. The van der Waals surface area contributed by atoms with Crippen molar-refractivity contribution in [2.75, 3.05) is 11.9 Å². The van der Waals surface area contributed by atoms with E-state index in [0.29, 0.717) is 16.1 Å². The topological polar surface area (TPSA) is 55.4 Å². The molecule has 6 heteroatoms. The number of esters is 1. The van der Waals surface area contributed by atoms with Gasteiger partial charge in [0.25, 0.3) is 5.91 Å². The van der Waals surface area contributed by atoms with Crippen molar-refractivity contribution < 1.29 is 18.7 Å². The van der Waals surface area contributed by atoms with Crippen LogP contribution in [0.15, 0.2) is 46.9 Å². The smallest absolute Gasteiger partial charge is 0.339 e. The van der Waals surface area contributed by atoms with Gasteiger partial charge in [0.2, 0.25) is 0 Å². The Labute approximate surface area is 154 Å². The third-order valence-electron chi connectivity index (χ3n) is 3.86. The lowest BCUT2D eigenvalue weighted by atomic mass is 9.97. The number of halogens is 2. The zero-order valence-corrected chi connectivity index (χ0v) is 15.6. The maximum Gasteiger partial charge on any atom is 0.339 e. The minimum Gasteiger partial charge on any atom is -0.452 e. The van der Waals surface area contributed by atoms with Crippen LogP contribution in [-0.4, -0.2) is 18.5 Å². The van der Waals surface area contributed by atoms with Crippen molar-refractivity contribution >= 4 is 33.5 Å². The molecule has 0 saturated carbocycles. The molecule has 0 aliphatic heterocycles. The van der Waals surface area contributed by atoms with E-state index in [1.165, 1.54) is 12.1 Å². The fourth-order valence-electron chi connectivity index (χ4n) is 2.31. The summed E-state index contributed by atoms with van der Waals surface area (Å²) in [6, 6.07) is 11.2. The SMILES string of the molecule is CC[C@@H](C)c1ccccc1NC(=O)COC(=O)c1cc(F)ccc1Br. The number of hydrogen-bond donors (Lipinski definition) is 1. The average Bonchev–Trinajstić information content (AvgIpc) is 2.61. The summed E-state index contributed by atoms with van der Waals surface area (Å²) in [6.07, 6.45) is 0.940. The molecule has 0 fully saturated rings. The van der Waals surface area contributed by atoms with Crippen LogP contribution in [0.25, 0.3) is 0 Å². The van der Waals surface area contributed by atoms with Crippen LogP contribution in [0.3, 0.4) is 0 Å². The van der Waals surface area contributed by atoms with Gasteiger partial charge in [0, 0.05) is 10.2 Å². The first kappa shape index (κ1) is 19.1. The van der Waals surface area contributed by atoms with E-state index in [4.69, 9.17) is 4.74 Å². The number of para-hydroxylation sites is 1. The number of rotatable bonds is 6. The first-order chi connectivity index (χ1) is 11.9. The Morgan fingerprint density at radius 1 is 1.24 bits per heavy atom. The maximum atomic E-state index is 13.2. The van der Waals surface area contributed by atoms with Crippen molar-refractivity contribution in [1.29, 1.82) is 0 Å². The van der Waals surface area contributed by atoms with Gasteiger partial charge in [-0.25, -0.2) is 9.18 Å². The molecule has 2 aromatic carbocycles. The first-order valence-electron chi connectivity index (χ1n) is 7.93. The van der Waals surface area contributed by atoms with Gasteiger partial charge >= 0.3 is 5.97 Å². The zero-order valence-electron chi connectivity index (χ0n) is 14.0. The molecule has 0 bridgehead atoms. The fourth-order valence-corrected chi connectivity index (χ4v) is 2.72. The molecule has 0 heterocycles. The summed E-state index contributed by atoms with van der Waals surface area (Å²) >= 11 is 3.16. The molecule has 0 radical (unpaired) electrons. The Hall–Kier alpha value is -2.21. The third kappa shape index (κ3) is 5.13. The van der Waals surface area contributed by atoms with Crippen molar-refractivity contribution in [3.8, 4) is 0 Å². The number of carbonyl (C=O) groups is 2. The minimum absolute atomic E-state index is 0.0350. The highest BCUT2D eigenvalue weighted by Crippen LogP contribution is 2.26. The van der Waals surface area contributed by atoms with E-state index in [2.05, 4.69) is 35.1 Å². The number of anilines is 1. The predicted molar refractivity (Wildman–Crippen MR) is 98.2 cm³/mol. The molecular weight excluding hydrogens is 389 g/mol. The Morgan fingerprint density at radius 3 is 2.68 bits per heavy atom. The lowest BCUT2D eigenvalue weighted by molar-refractivity contribution is -0.119. The molecular formula is C19H19BrFNO3. The second-order valence-electron chi connectivity index (χ2n) is 5.65. The molecule has 0 aliphatic carbocycles. The molecule has 0 aliphatic rings. The Bertz CT molecular complexity index is 779. The molecule has 2 aromatic rings. The molecule has 0 saturated heterocycles. The minimum atomic E-state index is -0.767. The summed E-state index contributed by atoms with van der Waals surface area (Å²) in [7, 11) is 0. The summed E-state index contributed by atoms with van der Waals surface area (Å²) in [4.78, 5) is 24.1. The van der Waals surface area contributed by atoms with E-state index >= 15 is 0 Å². The molecule has 2 rings (SSSR count). The number of nitrogens with one attached hydrogen (secondary N) is 1. The van der Waals surface area contributed by atoms with E-state index in [9.17, 15) is 14.0 Å². The van der Waals surface area contributed by atoms with Crippen LogP contribution in [0.4, 0.5) is 10.1 Å². The van der Waals surface area contributed by atoms with Crippen molar-refractivity contribution in [2.45, 2.75) is 26.2 Å². The van der Waals surface area contributed by atoms with Gasteiger partial charge in [0.05, 0.1) is 5.56 Å². The molecule has 1 amide bonds. The Kier molecular flexibility index (Phi) is 6.70. The largest absolute Gasteiger partial charge is 0.452 e. The van der Waals surface area contributed by atoms with Gasteiger partial charge in [-0.3, -0.25) is 4.79 Å². The summed E-state index contributed by atoms with van der Waals surface area (Å²) in [5, 5.41) is 2.76. The molecule has 0 spiro atoms. The van der Waals surface area contributed by atoms with Crippen LogP contribution in [0.1, 0.15) is 42.1 Å². The summed E-state index contributed by atoms with van der Waals surface area (Å²) in [5.74, 6) is -1.47. The van der Waals surface area contributed by atoms with Crippen LogP contribution in [0.2, 0.25) is 0 Å². The molecule has 0 aromatic heterocycles. The average molecular weight is 408 g/mol. The van der Waals surface area contributed by atoms with E-state index in [1.54, 1.807) is 0 Å². The van der Waals surface area contributed by atoms with Crippen molar-refractivity contribution in [3.05, 3.63) is 63.9 Å². The van der Waals surface area contributed by atoms with Crippen LogP contribution >= 0.6 is 15.9 Å². The van der Waals surface area contributed by atoms with Crippen LogP contribution < -0.4 is 5.32 Å². The molecule has 0 unspecified atom stereocenters. The number of carbonyl (C=O) groups excluding carboxylic acids is 2. The lowest BCUT2D eigenvalue weighted by Gasteiger charge is -2.15. The van der Waals surface area contributed by atoms with E-state index in [-0.39, 0.29) is 5.56 Å². The second kappa shape index (κ2) is 8.76. The van der Waals surface area contributed by atoms with Crippen molar-refractivity contribution in [3.63, 3.8) is 0 Å². The highest BCUT2D eigenvalue weighted by molar-refractivity contribution is 9.10. The van der Waals surface area contributed by atoms with Crippen LogP contribution in [0, 0.1) is 5.82 Å². The highest BCUT2D eigenvalue weighted by atomic mass is 79.9. The summed E-state index contributed by atoms with van der Waals surface area (Å²) in [6.45, 7) is 3.70. The Morgan fingerprint density at radius 2 is 1.96 bits per heavy atom. The molecule has 132 valence electrons. The van der Waals surface area contributed by atoms with Gasteiger partial charge in [0.1, 0.15) is 5.82 Å². The zero-order chi connectivity index (χ0) is 18.4. The van der Waals surface area contributed by atoms with Gasteiger partial charge in [-0.1, -0.05) is 32.0 Å². The van der Waals surface area contributed by atoms with E-state index in [1.807, 2.05) is 24.3 Å². The van der Waals surface area contributed by atoms with E-state index < -0.39 is 24.3 Å². The Balaban J connectivity index is 2.00. The predicted octanol–water partition coefficient (Wildman–Crippen LogP) is 4.90. The van der Waals surface area contributed by atoms with Gasteiger partial charge in [-0.05, 0) is 58.1 Å². The molecule has 25 heavy (non-hydrogen) atoms. The number of hydrogen-bond acceptors (Lipinski definition) is 3. The van der Waals surface area contributed by atoms with Crippen LogP contribution in [-0.2, 0) is 9.53 Å². The number of ether oxygens (including phenoxy) is 1. The highest BCUT2D eigenvalue weighted by Gasteiger charge is 2.16. The third-order valence-corrected chi connectivity index (χ3v) is 4.55.